The molecule has 0 saturated carbocycles. The summed E-state index contributed by atoms with van der Waals surface area (Å²) in [6.45, 7) is 2.39. The van der Waals surface area contributed by atoms with E-state index in [1.165, 1.54) is 29.2 Å². The number of anilines is 1. The molecule has 1 aliphatic rings. The van der Waals surface area contributed by atoms with Crippen LogP contribution in [0, 0.1) is 0 Å². The Bertz CT molecular complexity index is 1130. The van der Waals surface area contributed by atoms with Crippen molar-refractivity contribution >= 4 is 31.6 Å². The molecule has 2 aromatic carbocycles. The molecule has 1 aliphatic heterocycles. The van der Waals surface area contributed by atoms with Crippen molar-refractivity contribution in [2.24, 2.45) is 0 Å². The minimum atomic E-state index is -3.77. The highest BCUT2D eigenvalue weighted by molar-refractivity contribution is 7.91. The van der Waals surface area contributed by atoms with Gasteiger partial charge in [0, 0.05) is 18.0 Å². The smallest absolute Gasteiger partial charge is 0.414 e. The molecule has 0 atom stereocenters. The van der Waals surface area contributed by atoms with Crippen molar-refractivity contribution in [3.8, 4) is 5.75 Å². The molecule has 0 unspecified atom stereocenters. The van der Waals surface area contributed by atoms with Gasteiger partial charge in [-0.2, -0.15) is 0 Å². The molecular weight excluding hydrogens is 444 g/mol. The van der Waals surface area contributed by atoms with Crippen LogP contribution in [0.25, 0.3) is 0 Å². The number of nitrogens with zero attached hydrogens (tertiary/aromatic N) is 1. The number of rotatable bonds is 10. The van der Waals surface area contributed by atoms with Crippen molar-refractivity contribution in [1.29, 1.82) is 0 Å². The molecule has 1 saturated heterocycles. The number of hydrogen-bond acceptors (Lipinski definition) is 7. The molecule has 1 N–H and O–H groups in total. The van der Waals surface area contributed by atoms with Gasteiger partial charge in [0.25, 0.3) is 0 Å². The van der Waals surface area contributed by atoms with E-state index in [-0.39, 0.29) is 29.6 Å². The summed E-state index contributed by atoms with van der Waals surface area (Å²) < 4.78 is 60.9. The molecular formula is C20H24N2O7S2. The number of sulfone groups is 1. The van der Waals surface area contributed by atoms with Crippen LogP contribution >= 0.6 is 0 Å². The third-order valence-corrected chi connectivity index (χ3v) is 7.77. The topological polar surface area (TPSA) is 119 Å². The van der Waals surface area contributed by atoms with Crippen LogP contribution in [-0.2, 0) is 31.1 Å². The molecule has 0 spiro atoms. The number of sulfonamides is 1. The molecule has 0 aliphatic carbocycles. The highest BCUT2D eigenvalue weighted by Crippen LogP contribution is 2.21. The summed E-state index contributed by atoms with van der Waals surface area (Å²) in [6, 6.07) is 12.7. The summed E-state index contributed by atoms with van der Waals surface area (Å²) in [5, 5.41) is 0. The average molecular weight is 469 g/mol. The van der Waals surface area contributed by atoms with Crippen LogP contribution in [-0.4, -0.2) is 54.2 Å². The number of benzene rings is 2. The molecule has 168 valence electrons. The highest BCUT2D eigenvalue weighted by Gasteiger charge is 2.23. The number of ether oxygens (including phenoxy) is 2. The zero-order valence-corrected chi connectivity index (χ0v) is 18.6. The maximum Gasteiger partial charge on any atom is 0.414 e. The molecule has 31 heavy (non-hydrogen) atoms. The predicted molar refractivity (Wildman–Crippen MR) is 115 cm³/mol. The van der Waals surface area contributed by atoms with Crippen LogP contribution in [0.5, 0.6) is 5.75 Å². The lowest BCUT2D eigenvalue weighted by molar-refractivity contribution is 0.181. The third kappa shape index (κ3) is 6.18. The Morgan fingerprint density at radius 3 is 2.48 bits per heavy atom. The number of hydrogen-bond donors (Lipinski definition) is 1. The zero-order valence-electron chi connectivity index (χ0n) is 17.0. The third-order valence-electron chi connectivity index (χ3n) is 4.69. The van der Waals surface area contributed by atoms with E-state index >= 15 is 0 Å². The first kappa shape index (κ1) is 23.0. The van der Waals surface area contributed by atoms with Gasteiger partial charge in [0.15, 0.2) is 9.84 Å². The molecule has 3 rings (SSSR count). The normalized spacial score (nSPS) is 14.5. The lowest BCUT2D eigenvalue weighted by atomic mass is 10.2. The number of cyclic esters (lactones) is 1. The van der Waals surface area contributed by atoms with Gasteiger partial charge in [-0.25, -0.2) is 26.4 Å². The number of carbonyl (C=O) groups excluding carboxylic acids is 1. The van der Waals surface area contributed by atoms with Crippen molar-refractivity contribution < 1.29 is 31.1 Å². The second kappa shape index (κ2) is 9.67. The van der Waals surface area contributed by atoms with Crippen LogP contribution < -0.4 is 14.4 Å². The van der Waals surface area contributed by atoms with Crippen LogP contribution in [0.2, 0.25) is 0 Å². The second-order valence-corrected chi connectivity index (χ2v) is 11.1. The second-order valence-electron chi connectivity index (χ2n) is 6.82. The van der Waals surface area contributed by atoms with E-state index in [4.69, 9.17) is 9.47 Å². The Hall–Kier alpha value is -2.63. The van der Waals surface area contributed by atoms with Gasteiger partial charge in [-0.15, -0.1) is 0 Å². The van der Waals surface area contributed by atoms with Gasteiger partial charge in [-0.3, -0.25) is 4.90 Å². The summed E-state index contributed by atoms with van der Waals surface area (Å²) in [5.41, 5.74) is 1.34. The fourth-order valence-corrected chi connectivity index (χ4v) is 4.51. The highest BCUT2D eigenvalue weighted by atomic mass is 32.2. The Morgan fingerprint density at radius 2 is 1.84 bits per heavy atom. The standard InChI is InChI=1S/C20H24N2O7S2/c1-2-30(24,25)13-12-28-18-6-8-19(9-7-18)31(26,27)21-15-16-4-3-5-17(14-16)22-10-11-29-20(22)23/h3-9,14,21H,2,10-13,15H2,1H3. The number of nitrogens with one attached hydrogen (secondary N) is 1. The molecule has 11 heteroatoms. The van der Waals surface area contributed by atoms with Gasteiger partial charge < -0.3 is 9.47 Å². The van der Waals surface area contributed by atoms with Crippen molar-refractivity contribution in [3.63, 3.8) is 0 Å². The van der Waals surface area contributed by atoms with Gasteiger partial charge in [0.05, 0.1) is 17.2 Å². The van der Waals surface area contributed by atoms with Crippen LogP contribution in [0.1, 0.15) is 12.5 Å². The summed E-state index contributed by atoms with van der Waals surface area (Å²) in [5.74, 6) is 0.333. The van der Waals surface area contributed by atoms with Gasteiger partial charge in [0.2, 0.25) is 10.0 Å². The minimum Gasteiger partial charge on any atom is -0.493 e. The first-order chi connectivity index (χ1) is 14.7. The summed E-state index contributed by atoms with van der Waals surface area (Å²) in [7, 11) is -6.90. The van der Waals surface area contributed by atoms with Crippen LogP contribution in [0.3, 0.4) is 0 Å². The quantitative estimate of drug-likeness (QED) is 0.566. The van der Waals surface area contributed by atoms with Crippen molar-refractivity contribution in [1.82, 2.24) is 4.72 Å². The molecule has 0 radical (unpaired) electrons. The fourth-order valence-electron chi connectivity index (χ4n) is 2.87. The van der Waals surface area contributed by atoms with Gasteiger partial charge in [-0.05, 0) is 42.0 Å². The number of amides is 1. The Kier molecular flexibility index (Phi) is 7.19. The first-order valence-corrected chi connectivity index (χ1v) is 13.0. The molecule has 9 nitrogen and oxygen atoms in total. The van der Waals surface area contributed by atoms with Crippen molar-refractivity contribution in [2.45, 2.75) is 18.4 Å². The monoisotopic (exact) mass is 468 g/mol. The van der Waals surface area contributed by atoms with Crippen LogP contribution in [0.4, 0.5) is 10.5 Å². The molecule has 2 aromatic rings. The Labute approximate surface area is 181 Å². The van der Waals surface area contributed by atoms with E-state index in [0.717, 1.165) is 0 Å². The summed E-state index contributed by atoms with van der Waals surface area (Å²) in [4.78, 5) is 13.2. The summed E-state index contributed by atoms with van der Waals surface area (Å²) in [6.07, 6.45) is -0.424. The van der Waals surface area contributed by atoms with Crippen molar-refractivity contribution in [3.05, 3.63) is 54.1 Å². The van der Waals surface area contributed by atoms with E-state index in [9.17, 15) is 21.6 Å². The zero-order chi connectivity index (χ0) is 22.5. The minimum absolute atomic E-state index is 0.00141. The van der Waals surface area contributed by atoms with Crippen LogP contribution in [0.15, 0.2) is 53.4 Å². The lowest BCUT2D eigenvalue weighted by Crippen LogP contribution is -2.25. The Balaban J connectivity index is 1.59. The van der Waals surface area contributed by atoms with Gasteiger partial charge in [-0.1, -0.05) is 19.1 Å². The molecule has 1 amide bonds. The summed E-state index contributed by atoms with van der Waals surface area (Å²) >= 11 is 0. The lowest BCUT2D eigenvalue weighted by Gasteiger charge is -2.14. The maximum atomic E-state index is 12.6. The fraction of sp³-hybridized carbons (Fsp3) is 0.350. The average Bonchev–Trinajstić information content (AvgIpc) is 3.19. The van der Waals surface area contributed by atoms with E-state index in [1.807, 2.05) is 0 Å². The first-order valence-electron chi connectivity index (χ1n) is 9.66. The SMILES string of the molecule is CCS(=O)(=O)CCOc1ccc(S(=O)(=O)NCc2cccc(N3CCOC3=O)c2)cc1. The molecule has 1 fully saturated rings. The van der Waals surface area contributed by atoms with Gasteiger partial charge >= 0.3 is 6.09 Å². The molecule has 0 bridgehead atoms. The van der Waals surface area contributed by atoms with E-state index in [0.29, 0.717) is 30.2 Å². The van der Waals surface area contributed by atoms with Crippen molar-refractivity contribution in [2.75, 3.05) is 36.2 Å². The largest absolute Gasteiger partial charge is 0.493 e. The number of carbonyl (C=O) groups is 1. The molecule has 0 aromatic heterocycles. The van der Waals surface area contributed by atoms with E-state index in [1.54, 1.807) is 31.2 Å². The molecule has 1 heterocycles. The predicted octanol–water partition coefficient (Wildman–Crippen LogP) is 1.94. The maximum absolute atomic E-state index is 12.6. The van der Waals surface area contributed by atoms with Gasteiger partial charge in [0.1, 0.15) is 19.0 Å². The van der Waals surface area contributed by atoms with E-state index in [2.05, 4.69) is 4.72 Å². The Morgan fingerprint density at radius 1 is 1.10 bits per heavy atom. The van der Waals surface area contributed by atoms with E-state index < -0.39 is 26.0 Å².